The molecule has 0 aliphatic heterocycles. The minimum atomic E-state index is 1.15. The lowest BCUT2D eigenvalue weighted by atomic mass is 10.1. The zero-order chi connectivity index (χ0) is 10.1. The highest BCUT2D eigenvalue weighted by atomic mass is 79.9. The summed E-state index contributed by atoms with van der Waals surface area (Å²) in [5.41, 5.74) is 2.50. The molecule has 0 saturated heterocycles. The molecule has 0 aliphatic carbocycles. The predicted octanol–water partition coefficient (Wildman–Crippen LogP) is 5.25. The molecule has 0 aliphatic rings. The third-order valence-electron chi connectivity index (χ3n) is 2.03. The Morgan fingerprint density at radius 2 is 1.93 bits per heavy atom. The van der Waals surface area contributed by atoms with Gasteiger partial charge in [0.15, 0.2) is 0 Å². The molecule has 1 aromatic carbocycles. The molecule has 1 heterocycles. The standard InChI is InChI=1S/C11H8Br2S/c1-7-5-10(13)8(6-9(7)12)11-3-2-4-14-11/h2-6H,1H3. The van der Waals surface area contributed by atoms with Crippen LogP contribution in [0.1, 0.15) is 5.56 Å². The first-order chi connectivity index (χ1) is 6.68. The van der Waals surface area contributed by atoms with E-state index >= 15 is 0 Å². The molecule has 3 heteroatoms. The topological polar surface area (TPSA) is 0 Å². The van der Waals surface area contributed by atoms with Crippen LogP contribution in [0.3, 0.4) is 0 Å². The Balaban J connectivity index is 2.60. The van der Waals surface area contributed by atoms with Crippen molar-refractivity contribution >= 4 is 43.2 Å². The van der Waals surface area contributed by atoms with Gasteiger partial charge in [0.05, 0.1) is 0 Å². The second kappa shape index (κ2) is 4.17. The van der Waals surface area contributed by atoms with E-state index in [4.69, 9.17) is 0 Å². The van der Waals surface area contributed by atoms with Crippen molar-refractivity contribution in [1.82, 2.24) is 0 Å². The fourth-order valence-corrected chi connectivity index (χ4v) is 3.17. The van der Waals surface area contributed by atoms with Crippen LogP contribution in [0, 0.1) is 6.92 Å². The molecule has 0 atom stereocenters. The number of rotatable bonds is 1. The average Bonchev–Trinajstić information content (AvgIpc) is 2.64. The van der Waals surface area contributed by atoms with Gasteiger partial charge in [-0.2, -0.15) is 0 Å². The molecular formula is C11H8Br2S. The summed E-state index contributed by atoms with van der Waals surface area (Å²) in [6, 6.07) is 8.50. The molecule has 14 heavy (non-hydrogen) atoms. The molecule has 2 rings (SSSR count). The number of halogens is 2. The minimum Gasteiger partial charge on any atom is -0.144 e. The predicted molar refractivity (Wildman–Crippen MR) is 69.9 cm³/mol. The van der Waals surface area contributed by atoms with Crippen LogP contribution in [-0.2, 0) is 0 Å². The molecular weight excluding hydrogens is 324 g/mol. The molecule has 0 unspecified atom stereocenters. The molecule has 2 aromatic rings. The summed E-state index contributed by atoms with van der Waals surface area (Å²) < 4.78 is 2.31. The van der Waals surface area contributed by atoms with Gasteiger partial charge in [0.1, 0.15) is 0 Å². The van der Waals surface area contributed by atoms with E-state index in [0.29, 0.717) is 0 Å². The van der Waals surface area contributed by atoms with Crippen LogP contribution >= 0.6 is 43.2 Å². The van der Waals surface area contributed by atoms with E-state index in [1.165, 1.54) is 16.0 Å². The zero-order valence-corrected chi connectivity index (χ0v) is 11.5. The summed E-state index contributed by atoms with van der Waals surface area (Å²) in [5, 5.41) is 2.09. The molecule has 0 amide bonds. The summed E-state index contributed by atoms with van der Waals surface area (Å²) in [7, 11) is 0. The van der Waals surface area contributed by atoms with Crippen molar-refractivity contribution < 1.29 is 0 Å². The van der Waals surface area contributed by atoms with Crippen molar-refractivity contribution in [1.29, 1.82) is 0 Å². The third kappa shape index (κ3) is 1.95. The first-order valence-corrected chi connectivity index (χ1v) is 6.64. The molecule has 0 nitrogen and oxygen atoms in total. The van der Waals surface area contributed by atoms with Gasteiger partial charge in [0, 0.05) is 19.4 Å². The number of hydrogen-bond acceptors (Lipinski definition) is 1. The van der Waals surface area contributed by atoms with Gasteiger partial charge in [-0.25, -0.2) is 0 Å². The maximum Gasteiger partial charge on any atom is 0.0354 e. The monoisotopic (exact) mass is 330 g/mol. The van der Waals surface area contributed by atoms with E-state index in [1.54, 1.807) is 11.3 Å². The molecule has 0 N–H and O–H groups in total. The summed E-state index contributed by atoms with van der Waals surface area (Å²) in [6.45, 7) is 2.09. The molecule has 0 bridgehead atoms. The van der Waals surface area contributed by atoms with Crippen molar-refractivity contribution in [3.05, 3.63) is 44.2 Å². The van der Waals surface area contributed by atoms with Crippen molar-refractivity contribution in [2.75, 3.05) is 0 Å². The first kappa shape index (κ1) is 10.4. The second-order valence-corrected chi connectivity index (χ2v) is 5.71. The molecule has 0 saturated carbocycles. The smallest absolute Gasteiger partial charge is 0.0354 e. The van der Waals surface area contributed by atoms with Crippen LogP contribution in [0.2, 0.25) is 0 Å². The van der Waals surface area contributed by atoms with Gasteiger partial charge in [-0.3, -0.25) is 0 Å². The van der Waals surface area contributed by atoms with Gasteiger partial charge in [-0.15, -0.1) is 11.3 Å². The van der Waals surface area contributed by atoms with Gasteiger partial charge in [0.2, 0.25) is 0 Å². The molecule has 0 spiro atoms. The lowest BCUT2D eigenvalue weighted by Gasteiger charge is -2.05. The quantitative estimate of drug-likeness (QED) is 0.669. The van der Waals surface area contributed by atoms with Gasteiger partial charge in [0.25, 0.3) is 0 Å². The van der Waals surface area contributed by atoms with Crippen LogP contribution in [0.5, 0.6) is 0 Å². The summed E-state index contributed by atoms with van der Waals surface area (Å²) in [6.07, 6.45) is 0. The van der Waals surface area contributed by atoms with Gasteiger partial charge in [-0.05, 0) is 36.1 Å². The van der Waals surface area contributed by atoms with Crippen LogP contribution in [0.4, 0.5) is 0 Å². The molecule has 1 aromatic heterocycles. The molecule has 72 valence electrons. The second-order valence-electron chi connectivity index (χ2n) is 3.06. The van der Waals surface area contributed by atoms with Crippen LogP contribution in [-0.4, -0.2) is 0 Å². The Bertz CT molecular complexity index is 447. The highest BCUT2D eigenvalue weighted by molar-refractivity contribution is 9.11. The van der Waals surface area contributed by atoms with Gasteiger partial charge >= 0.3 is 0 Å². The van der Waals surface area contributed by atoms with E-state index in [0.717, 1.165) is 8.95 Å². The van der Waals surface area contributed by atoms with E-state index in [2.05, 4.69) is 68.4 Å². The lowest BCUT2D eigenvalue weighted by Crippen LogP contribution is -1.80. The van der Waals surface area contributed by atoms with Crippen molar-refractivity contribution in [2.45, 2.75) is 6.92 Å². The Morgan fingerprint density at radius 3 is 2.57 bits per heavy atom. The zero-order valence-electron chi connectivity index (χ0n) is 7.55. The van der Waals surface area contributed by atoms with E-state index in [9.17, 15) is 0 Å². The fourth-order valence-electron chi connectivity index (χ4n) is 1.27. The van der Waals surface area contributed by atoms with E-state index in [-0.39, 0.29) is 0 Å². The largest absolute Gasteiger partial charge is 0.144 e. The SMILES string of the molecule is Cc1cc(Br)c(-c2cccs2)cc1Br. The Kier molecular flexibility index (Phi) is 3.10. The summed E-state index contributed by atoms with van der Waals surface area (Å²) in [4.78, 5) is 1.29. The first-order valence-electron chi connectivity index (χ1n) is 4.18. The Hall–Kier alpha value is -0.120. The van der Waals surface area contributed by atoms with Gasteiger partial charge in [-0.1, -0.05) is 37.9 Å². The van der Waals surface area contributed by atoms with Crippen molar-refractivity contribution in [2.24, 2.45) is 0 Å². The van der Waals surface area contributed by atoms with Crippen molar-refractivity contribution in [3.63, 3.8) is 0 Å². The van der Waals surface area contributed by atoms with Crippen LogP contribution in [0.15, 0.2) is 38.6 Å². The normalized spacial score (nSPS) is 10.5. The Morgan fingerprint density at radius 1 is 1.14 bits per heavy atom. The highest BCUT2D eigenvalue weighted by Crippen LogP contribution is 2.35. The number of aryl methyl sites for hydroxylation is 1. The van der Waals surface area contributed by atoms with Crippen molar-refractivity contribution in [3.8, 4) is 10.4 Å². The number of hydrogen-bond donors (Lipinski definition) is 0. The van der Waals surface area contributed by atoms with Crippen LogP contribution in [0.25, 0.3) is 10.4 Å². The maximum atomic E-state index is 3.59. The number of thiophene rings is 1. The summed E-state index contributed by atoms with van der Waals surface area (Å²) in [5.74, 6) is 0. The highest BCUT2D eigenvalue weighted by Gasteiger charge is 2.06. The molecule has 0 radical (unpaired) electrons. The fraction of sp³-hybridized carbons (Fsp3) is 0.0909. The Labute approximate surface area is 104 Å². The lowest BCUT2D eigenvalue weighted by molar-refractivity contribution is 1.42. The maximum absolute atomic E-state index is 3.59. The third-order valence-corrected chi connectivity index (χ3v) is 4.45. The molecule has 0 fully saturated rings. The number of benzene rings is 1. The summed E-state index contributed by atoms with van der Waals surface area (Å²) >= 11 is 8.89. The van der Waals surface area contributed by atoms with Crippen LogP contribution < -0.4 is 0 Å². The van der Waals surface area contributed by atoms with E-state index in [1.807, 2.05) is 0 Å². The van der Waals surface area contributed by atoms with Gasteiger partial charge < -0.3 is 0 Å². The average molecular weight is 332 g/mol. The van der Waals surface area contributed by atoms with E-state index < -0.39 is 0 Å². The minimum absolute atomic E-state index is 1.15.